The molecule has 0 aliphatic heterocycles. The second kappa shape index (κ2) is 6.40. The van der Waals surface area contributed by atoms with Gasteiger partial charge < -0.3 is 15.2 Å². The fourth-order valence-corrected chi connectivity index (χ4v) is 1.24. The smallest absolute Gasteiger partial charge is 0.122 e. The Morgan fingerprint density at radius 1 is 1.21 bits per heavy atom. The Labute approximate surface area is 84.8 Å². The molecular formula is C11H17NO2. The summed E-state index contributed by atoms with van der Waals surface area (Å²) in [7, 11) is 1.66. The van der Waals surface area contributed by atoms with Gasteiger partial charge in [-0.15, -0.1) is 0 Å². The van der Waals surface area contributed by atoms with Gasteiger partial charge in [0.05, 0.1) is 6.61 Å². The first-order valence-corrected chi connectivity index (χ1v) is 4.78. The zero-order valence-corrected chi connectivity index (χ0v) is 8.53. The van der Waals surface area contributed by atoms with Gasteiger partial charge in [0.15, 0.2) is 0 Å². The third-order valence-electron chi connectivity index (χ3n) is 1.93. The van der Waals surface area contributed by atoms with Crippen LogP contribution in [-0.4, -0.2) is 26.9 Å². The first-order chi connectivity index (χ1) is 6.88. The van der Waals surface area contributed by atoms with Gasteiger partial charge in [0.25, 0.3) is 0 Å². The standard InChI is InChI=1S/C11H17NO2/c1-13-8-9-14-11-5-3-2-4-10(11)6-7-12/h2-5H,6-9,12H2,1H3. The molecule has 1 aromatic rings. The van der Waals surface area contributed by atoms with E-state index in [-0.39, 0.29) is 0 Å². The van der Waals surface area contributed by atoms with E-state index in [4.69, 9.17) is 15.2 Å². The molecule has 1 aromatic carbocycles. The molecule has 2 N–H and O–H groups in total. The molecular weight excluding hydrogens is 178 g/mol. The highest BCUT2D eigenvalue weighted by atomic mass is 16.5. The Kier molecular flexibility index (Phi) is 5.04. The molecule has 0 bridgehead atoms. The van der Waals surface area contributed by atoms with Crippen LogP contribution in [0.4, 0.5) is 0 Å². The summed E-state index contributed by atoms with van der Waals surface area (Å²) < 4.78 is 10.5. The molecule has 0 saturated carbocycles. The largest absolute Gasteiger partial charge is 0.491 e. The first-order valence-electron chi connectivity index (χ1n) is 4.78. The zero-order valence-electron chi connectivity index (χ0n) is 8.53. The summed E-state index contributed by atoms with van der Waals surface area (Å²) >= 11 is 0. The SMILES string of the molecule is COCCOc1ccccc1CCN. The Morgan fingerprint density at radius 3 is 2.71 bits per heavy atom. The molecule has 78 valence electrons. The van der Waals surface area contributed by atoms with E-state index in [0.717, 1.165) is 17.7 Å². The average Bonchev–Trinajstić information content (AvgIpc) is 2.21. The van der Waals surface area contributed by atoms with Crippen LogP contribution in [0.5, 0.6) is 5.75 Å². The van der Waals surface area contributed by atoms with Gasteiger partial charge in [0.2, 0.25) is 0 Å². The number of methoxy groups -OCH3 is 1. The van der Waals surface area contributed by atoms with Crippen molar-refractivity contribution in [3.63, 3.8) is 0 Å². The van der Waals surface area contributed by atoms with Crippen LogP contribution in [-0.2, 0) is 11.2 Å². The fourth-order valence-electron chi connectivity index (χ4n) is 1.24. The van der Waals surface area contributed by atoms with Crippen LogP contribution in [0.1, 0.15) is 5.56 Å². The fraction of sp³-hybridized carbons (Fsp3) is 0.455. The quantitative estimate of drug-likeness (QED) is 0.694. The lowest BCUT2D eigenvalue weighted by Gasteiger charge is -2.09. The molecule has 3 nitrogen and oxygen atoms in total. The molecule has 0 aromatic heterocycles. The second-order valence-corrected chi connectivity index (χ2v) is 2.99. The summed E-state index contributed by atoms with van der Waals surface area (Å²) in [6.07, 6.45) is 0.850. The molecule has 0 fully saturated rings. The average molecular weight is 195 g/mol. The minimum Gasteiger partial charge on any atom is -0.491 e. The maximum atomic E-state index is 5.55. The monoisotopic (exact) mass is 195 g/mol. The number of hydrogen-bond donors (Lipinski definition) is 1. The van der Waals surface area contributed by atoms with Gasteiger partial charge in [0, 0.05) is 7.11 Å². The van der Waals surface area contributed by atoms with Crippen molar-refractivity contribution in [2.24, 2.45) is 5.73 Å². The van der Waals surface area contributed by atoms with Crippen molar-refractivity contribution in [1.82, 2.24) is 0 Å². The first kappa shape index (κ1) is 11.0. The Balaban J connectivity index is 2.55. The van der Waals surface area contributed by atoms with Crippen LogP contribution in [0.15, 0.2) is 24.3 Å². The van der Waals surface area contributed by atoms with E-state index in [2.05, 4.69) is 0 Å². The number of rotatable bonds is 6. The summed E-state index contributed by atoms with van der Waals surface area (Å²) in [5.74, 6) is 0.912. The number of hydrogen-bond acceptors (Lipinski definition) is 3. The van der Waals surface area contributed by atoms with Crippen molar-refractivity contribution in [2.75, 3.05) is 26.9 Å². The third-order valence-corrected chi connectivity index (χ3v) is 1.93. The van der Waals surface area contributed by atoms with Crippen LogP contribution in [0, 0.1) is 0 Å². The van der Waals surface area contributed by atoms with Crippen molar-refractivity contribution < 1.29 is 9.47 Å². The predicted molar refractivity (Wildman–Crippen MR) is 56.6 cm³/mol. The van der Waals surface area contributed by atoms with Gasteiger partial charge in [-0.05, 0) is 24.6 Å². The van der Waals surface area contributed by atoms with E-state index >= 15 is 0 Å². The van der Waals surface area contributed by atoms with Crippen molar-refractivity contribution in [3.05, 3.63) is 29.8 Å². The normalized spacial score (nSPS) is 10.1. The molecule has 0 aliphatic carbocycles. The van der Waals surface area contributed by atoms with Crippen molar-refractivity contribution in [2.45, 2.75) is 6.42 Å². The van der Waals surface area contributed by atoms with Crippen molar-refractivity contribution >= 4 is 0 Å². The van der Waals surface area contributed by atoms with Gasteiger partial charge in [-0.25, -0.2) is 0 Å². The van der Waals surface area contributed by atoms with Gasteiger partial charge in [-0.1, -0.05) is 18.2 Å². The van der Waals surface area contributed by atoms with Crippen molar-refractivity contribution in [1.29, 1.82) is 0 Å². The van der Waals surface area contributed by atoms with Gasteiger partial charge in [0.1, 0.15) is 12.4 Å². The maximum Gasteiger partial charge on any atom is 0.122 e. The molecule has 0 radical (unpaired) electrons. The molecule has 0 unspecified atom stereocenters. The lowest BCUT2D eigenvalue weighted by molar-refractivity contribution is 0.146. The van der Waals surface area contributed by atoms with E-state index in [9.17, 15) is 0 Å². The highest BCUT2D eigenvalue weighted by Gasteiger charge is 2.00. The number of ether oxygens (including phenoxy) is 2. The second-order valence-electron chi connectivity index (χ2n) is 2.99. The summed E-state index contributed by atoms with van der Waals surface area (Å²) in [4.78, 5) is 0. The summed E-state index contributed by atoms with van der Waals surface area (Å²) in [5.41, 5.74) is 6.66. The minimum atomic E-state index is 0.581. The van der Waals surface area contributed by atoms with E-state index in [1.807, 2.05) is 24.3 Å². The zero-order chi connectivity index (χ0) is 10.2. The summed E-state index contributed by atoms with van der Waals surface area (Å²) in [6, 6.07) is 7.95. The Morgan fingerprint density at radius 2 is 2.00 bits per heavy atom. The van der Waals surface area contributed by atoms with Gasteiger partial charge in [-0.2, -0.15) is 0 Å². The molecule has 0 spiro atoms. The number of benzene rings is 1. The molecule has 14 heavy (non-hydrogen) atoms. The van der Waals surface area contributed by atoms with Gasteiger partial charge in [-0.3, -0.25) is 0 Å². The van der Waals surface area contributed by atoms with Crippen LogP contribution in [0.2, 0.25) is 0 Å². The highest BCUT2D eigenvalue weighted by Crippen LogP contribution is 2.17. The van der Waals surface area contributed by atoms with E-state index in [0.29, 0.717) is 19.8 Å². The molecule has 1 rings (SSSR count). The Hall–Kier alpha value is -1.06. The van der Waals surface area contributed by atoms with E-state index in [1.54, 1.807) is 7.11 Å². The molecule has 0 amide bonds. The lowest BCUT2D eigenvalue weighted by Crippen LogP contribution is -2.08. The highest BCUT2D eigenvalue weighted by molar-refractivity contribution is 5.33. The number of para-hydroxylation sites is 1. The molecule has 0 aliphatic rings. The summed E-state index contributed by atoms with van der Waals surface area (Å²) in [5, 5.41) is 0. The lowest BCUT2D eigenvalue weighted by atomic mass is 10.1. The van der Waals surface area contributed by atoms with Crippen LogP contribution < -0.4 is 10.5 Å². The van der Waals surface area contributed by atoms with E-state index in [1.165, 1.54) is 0 Å². The third kappa shape index (κ3) is 3.36. The summed E-state index contributed by atoms with van der Waals surface area (Å²) in [6.45, 7) is 1.83. The van der Waals surface area contributed by atoms with Crippen LogP contribution >= 0.6 is 0 Å². The molecule has 0 saturated heterocycles. The topological polar surface area (TPSA) is 44.5 Å². The van der Waals surface area contributed by atoms with E-state index < -0.39 is 0 Å². The number of nitrogens with two attached hydrogens (primary N) is 1. The van der Waals surface area contributed by atoms with Gasteiger partial charge >= 0.3 is 0 Å². The molecule has 0 atom stereocenters. The van der Waals surface area contributed by atoms with Crippen molar-refractivity contribution in [3.8, 4) is 5.75 Å². The van der Waals surface area contributed by atoms with Crippen LogP contribution in [0.3, 0.4) is 0 Å². The maximum absolute atomic E-state index is 5.55. The Bertz CT molecular complexity index is 263. The molecule has 3 heteroatoms. The van der Waals surface area contributed by atoms with Crippen LogP contribution in [0.25, 0.3) is 0 Å². The minimum absolute atomic E-state index is 0.581. The predicted octanol–water partition coefficient (Wildman–Crippen LogP) is 1.21. The molecule has 0 heterocycles.